The number of halogens is 1. The lowest BCUT2D eigenvalue weighted by Gasteiger charge is -1.97. The number of nitrogens with one attached hydrogen (secondary N) is 1. The van der Waals surface area contributed by atoms with E-state index in [9.17, 15) is 4.79 Å². The summed E-state index contributed by atoms with van der Waals surface area (Å²) < 4.78 is 2.40. The third kappa shape index (κ3) is 3.30. The number of amides is 1. The standard InChI is InChI=1S/C7H6ClNOS/c8-7(10)9-11-6-4-2-1-3-5-6/h1-5H,(H,9,10). The highest BCUT2D eigenvalue weighted by molar-refractivity contribution is 7.98. The molecule has 58 valence electrons. The minimum absolute atomic E-state index is 0.557. The van der Waals surface area contributed by atoms with Crippen LogP contribution in [0, 0.1) is 0 Å². The Bertz CT molecular complexity index is 239. The first kappa shape index (κ1) is 8.43. The lowest BCUT2D eigenvalue weighted by Crippen LogP contribution is -2.04. The second kappa shape index (κ2) is 4.26. The van der Waals surface area contributed by atoms with Crippen molar-refractivity contribution < 1.29 is 4.79 Å². The van der Waals surface area contributed by atoms with E-state index in [2.05, 4.69) is 4.72 Å². The van der Waals surface area contributed by atoms with Gasteiger partial charge in [0.1, 0.15) is 0 Å². The number of benzene rings is 1. The van der Waals surface area contributed by atoms with E-state index < -0.39 is 5.37 Å². The molecule has 1 rings (SSSR count). The second-order valence-electron chi connectivity index (χ2n) is 1.79. The van der Waals surface area contributed by atoms with Crippen molar-refractivity contribution in [1.82, 2.24) is 4.72 Å². The molecule has 0 bridgehead atoms. The largest absolute Gasteiger partial charge is 0.323 e. The minimum atomic E-state index is -0.557. The van der Waals surface area contributed by atoms with Crippen molar-refractivity contribution in [3.05, 3.63) is 30.3 Å². The molecule has 0 heterocycles. The van der Waals surface area contributed by atoms with Gasteiger partial charge in [-0.05, 0) is 35.7 Å². The van der Waals surface area contributed by atoms with Gasteiger partial charge in [-0.15, -0.1) is 0 Å². The molecule has 4 heteroatoms. The molecule has 1 N–H and O–H groups in total. The maximum absolute atomic E-state index is 10.3. The summed E-state index contributed by atoms with van der Waals surface area (Å²) in [5.74, 6) is 0. The van der Waals surface area contributed by atoms with Crippen molar-refractivity contribution in [2.45, 2.75) is 4.90 Å². The summed E-state index contributed by atoms with van der Waals surface area (Å²) in [6.45, 7) is 0. The quantitative estimate of drug-likeness (QED) is 0.438. The van der Waals surface area contributed by atoms with Gasteiger partial charge in [0.15, 0.2) is 0 Å². The monoisotopic (exact) mass is 187 g/mol. The summed E-state index contributed by atoms with van der Waals surface area (Å²) in [6.07, 6.45) is 0. The van der Waals surface area contributed by atoms with Gasteiger partial charge in [0.05, 0.1) is 0 Å². The van der Waals surface area contributed by atoms with E-state index >= 15 is 0 Å². The van der Waals surface area contributed by atoms with Crippen LogP contribution < -0.4 is 4.72 Å². The predicted molar refractivity (Wildman–Crippen MR) is 46.7 cm³/mol. The molecule has 0 saturated heterocycles. The molecule has 0 atom stereocenters. The normalized spacial score (nSPS) is 9.18. The predicted octanol–water partition coefficient (Wildman–Crippen LogP) is 2.64. The van der Waals surface area contributed by atoms with Crippen molar-refractivity contribution in [2.24, 2.45) is 0 Å². The van der Waals surface area contributed by atoms with E-state index in [0.29, 0.717) is 0 Å². The lowest BCUT2D eigenvalue weighted by atomic mass is 10.4. The third-order valence-corrected chi connectivity index (χ3v) is 1.99. The van der Waals surface area contributed by atoms with Gasteiger partial charge >= 0.3 is 5.37 Å². The first-order valence-electron chi connectivity index (χ1n) is 2.96. The van der Waals surface area contributed by atoms with Crippen LogP contribution in [0.5, 0.6) is 0 Å². The molecular formula is C7H6ClNOS. The Morgan fingerprint density at radius 3 is 2.55 bits per heavy atom. The Morgan fingerprint density at radius 1 is 1.36 bits per heavy atom. The van der Waals surface area contributed by atoms with Gasteiger partial charge in [0, 0.05) is 4.90 Å². The van der Waals surface area contributed by atoms with Crippen LogP contribution in [0.1, 0.15) is 0 Å². The molecule has 0 aliphatic carbocycles. The molecule has 0 radical (unpaired) electrons. The van der Waals surface area contributed by atoms with Crippen molar-refractivity contribution >= 4 is 28.9 Å². The van der Waals surface area contributed by atoms with Crippen molar-refractivity contribution in [2.75, 3.05) is 0 Å². The van der Waals surface area contributed by atoms with Gasteiger partial charge in [0.2, 0.25) is 0 Å². The zero-order chi connectivity index (χ0) is 8.10. The van der Waals surface area contributed by atoms with Gasteiger partial charge < -0.3 is 0 Å². The fourth-order valence-electron chi connectivity index (χ4n) is 0.588. The molecule has 2 nitrogen and oxygen atoms in total. The van der Waals surface area contributed by atoms with Crippen LogP contribution in [0.2, 0.25) is 0 Å². The number of rotatable bonds is 2. The molecule has 0 saturated carbocycles. The number of carbonyl (C=O) groups excluding carboxylic acids is 1. The maximum atomic E-state index is 10.3. The Kier molecular flexibility index (Phi) is 3.26. The van der Waals surface area contributed by atoms with Crippen molar-refractivity contribution in [3.63, 3.8) is 0 Å². The number of hydrogen-bond acceptors (Lipinski definition) is 2. The Labute approximate surface area is 74.1 Å². The summed E-state index contributed by atoms with van der Waals surface area (Å²) in [6, 6.07) is 9.47. The zero-order valence-electron chi connectivity index (χ0n) is 5.58. The summed E-state index contributed by atoms with van der Waals surface area (Å²) in [5, 5.41) is -0.557. The highest BCUT2D eigenvalue weighted by Gasteiger charge is 1.94. The third-order valence-electron chi connectivity index (χ3n) is 0.992. The van der Waals surface area contributed by atoms with Crippen LogP contribution in [0.15, 0.2) is 35.2 Å². The average Bonchev–Trinajstić information content (AvgIpc) is 2.03. The van der Waals surface area contributed by atoms with Crippen LogP contribution >= 0.6 is 23.5 Å². The van der Waals surface area contributed by atoms with E-state index in [-0.39, 0.29) is 0 Å². The molecule has 0 aromatic heterocycles. The topological polar surface area (TPSA) is 29.1 Å². The first-order chi connectivity index (χ1) is 5.29. The van der Waals surface area contributed by atoms with Crippen molar-refractivity contribution in [3.8, 4) is 0 Å². The highest BCUT2D eigenvalue weighted by Crippen LogP contribution is 2.12. The van der Waals surface area contributed by atoms with Crippen LogP contribution in [-0.4, -0.2) is 5.37 Å². The number of carbonyl (C=O) groups is 1. The second-order valence-corrected chi connectivity index (χ2v) is 3.01. The fourth-order valence-corrected chi connectivity index (χ4v) is 1.19. The molecule has 1 aromatic carbocycles. The molecule has 0 aliphatic heterocycles. The first-order valence-corrected chi connectivity index (χ1v) is 4.16. The van der Waals surface area contributed by atoms with E-state index in [1.54, 1.807) is 0 Å². The Morgan fingerprint density at radius 2 is 2.00 bits per heavy atom. The molecule has 0 unspecified atom stereocenters. The molecule has 0 spiro atoms. The summed E-state index contributed by atoms with van der Waals surface area (Å²) in [7, 11) is 0. The minimum Gasteiger partial charge on any atom is -0.282 e. The van der Waals surface area contributed by atoms with Crippen LogP contribution in [0.25, 0.3) is 0 Å². The zero-order valence-corrected chi connectivity index (χ0v) is 7.15. The van der Waals surface area contributed by atoms with Gasteiger partial charge in [-0.2, -0.15) is 0 Å². The van der Waals surface area contributed by atoms with Gasteiger partial charge in [-0.3, -0.25) is 9.52 Å². The Balaban J connectivity index is 2.45. The summed E-state index contributed by atoms with van der Waals surface area (Å²) in [4.78, 5) is 11.2. The molecule has 1 aromatic rings. The van der Waals surface area contributed by atoms with E-state index in [1.165, 1.54) is 11.9 Å². The number of hydrogen-bond donors (Lipinski definition) is 1. The maximum Gasteiger partial charge on any atom is 0.323 e. The van der Waals surface area contributed by atoms with Crippen molar-refractivity contribution in [1.29, 1.82) is 0 Å². The van der Waals surface area contributed by atoms with E-state index in [4.69, 9.17) is 11.6 Å². The van der Waals surface area contributed by atoms with E-state index in [0.717, 1.165) is 4.90 Å². The lowest BCUT2D eigenvalue weighted by molar-refractivity contribution is 0.264. The van der Waals surface area contributed by atoms with Crippen LogP contribution in [-0.2, 0) is 0 Å². The molecule has 1 amide bonds. The average molecular weight is 188 g/mol. The van der Waals surface area contributed by atoms with Crippen LogP contribution in [0.3, 0.4) is 0 Å². The molecule has 11 heavy (non-hydrogen) atoms. The van der Waals surface area contributed by atoms with Gasteiger partial charge in [-0.25, -0.2) is 0 Å². The summed E-state index contributed by atoms with van der Waals surface area (Å²) in [5.41, 5.74) is 0. The SMILES string of the molecule is O=C(Cl)NSc1ccccc1. The molecule has 0 fully saturated rings. The van der Waals surface area contributed by atoms with Gasteiger partial charge in [-0.1, -0.05) is 18.2 Å². The van der Waals surface area contributed by atoms with Crippen LogP contribution in [0.4, 0.5) is 4.79 Å². The molecular weight excluding hydrogens is 182 g/mol. The van der Waals surface area contributed by atoms with Gasteiger partial charge in [0.25, 0.3) is 0 Å². The fraction of sp³-hybridized carbons (Fsp3) is 0. The summed E-state index contributed by atoms with van der Waals surface area (Å²) >= 11 is 6.25. The highest BCUT2D eigenvalue weighted by atomic mass is 35.5. The smallest absolute Gasteiger partial charge is 0.282 e. The molecule has 0 aliphatic rings. The van der Waals surface area contributed by atoms with E-state index in [1.807, 2.05) is 30.3 Å². The Hall–Kier alpha value is -0.670.